The van der Waals surface area contributed by atoms with Gasteiger partial charge in [-0.15, -0.1) is 0 Å². The second-order valence-corrected chi connectivity index (χ2v) is 8.66. The molecule has 0 aromatic carbocycles. The van der Waals surface area contributed by atoms with E-state index in [9.17, 15) is 13.5 Å². The normalized spacial score (nSPS) is 54.1. The minimum Gasteiger partial charge on any atom is -0.296 e. The predicted molar refractivity (Wildman–Crippen MR) is 53.2 cm³/mol. The van der Waals surface area contributed by atoms with Crippen LogP contribution in [0, 0.1) is 5.41 Å². The quantitative estimate of drug-likeness (QED) is 0.640. The van der Waals surface area contributed by atoms with Crippen LogP contribution < -0.4 is 0 Å². The van der Waals surface area contributed by atoms with Gasteiger partial charge in [-0.3, -0.25) is 18.1 Å². The van der Waals surface area contributed by atoms with Gasteiger partial charge in [0.25, 0.3) is 0 Å². The Balaban J connectivity index is 2.11. The lowest BCUT2D eigenvalue weighted by Gasteiger charge is -2.42. The summed E-state index contributed by atoms with van der Waals surface area (Å²) in [4.78, 5) is 0. The molecule has 2 saturated heterocycles. The molecule has 6 nitrogen and oxygen atoms in total. The van der Waals surface area contributed by atoms with Crippen LogP contribution in [0.3, 0.4) is 0 Å². The molecule has 0 aromatic rings. The average molecular weight is 315 g/mol. The first-order valence-corrected chi connectivity index (χ1v) is 9.00. The first-order valence-electron chi connectivity index (χ1n) is 4.10. The van der Waals surface area contributed by atoms with Crippen molar-refractivity contribution in [3.8, 4) is 0 Å². The van der Waals surface area contributed by atoms with Gasteiger partial charge in [-0.2, -0.15) is 0 Å². The highest BCUT2D eigenvalue weighted by atomic mass is 35.7. The molecule has 0 bridgehead atoms. The molecule has 0 saturated carbocycles. The molecule has 11 heteroatoms. The van der Waals surface area contributed by atoms with Gasteiger partial charge in [0.1, 0.15) is 0 Å². The van der Waals surface area contributed by atoms with E-state index in [0.29, 0.717) is 0 Å². The van der Waals surface area contributed by atoms with Crippen molar-refractivity contribution in [1.29, 1.82) is 0 Å². The van der Waals surface area contributed by atoms with Crippen molar-refractivity contribution in [2.45, 2.75) is 6.36 Å². The smallest absolute Gasteiger partial charge is 0.296 e. The molecular formula is C5H7Cl2FO6P2. The lowest BCUT2D eigenvalue weighted by atomic mass is 9.91. The van der Waals surface area contributed by atoms with Crippen molar-refractivity contribution >= 4 is 36.4 Å². The topological polar surface area (TPSA) is 71.1 Å². The average Bonchev–Trinajstić information content (AvgIpc) is 2.15. The van der Waals surface area contributed by atoms with E-state index in [1.54, 1.807) is 0 Å². The molecule has 2 atom stereocenters. The zero-order valence-corrected chi connectivity index (χ0v) is 11.0. The molecule has 2 aliphatic rings. The highest BCUT2D eigenvalue weighted by Crippen LogP contribution is 2.64. The fourth-order valence-corrected chi connectivity index (χ4v) is 3.69. The van der Waals surface area contributed by atoms with E-state index < -0.39 is 25.7 Å². The monoisotopic (exact) mass is 314 g/mol. The van der Waals surface area contributed by atoms with Crippen molar-refractivity contribution < 1.29 is 31.6 Å². The molecule has 94 valence electrons. The molecule has 0 radical (unpaired) electrons. The van der Waals surface area contributed by atoms with Gasteiger partial charge in [0.2, 0.25) is 6.36 Å². The van der Waals surface area contributed by atoms with Gasteiger partial charge in [-0.1, -0.05) is 0 Å². The van der Waals surface area contributed by atoms with Crippen molar-refractivity contribution in [1.82, 2.24) is 0 Å². The Morgan fingerprint density at radius 3 is 1.94 bits per heavy atom. The van der Waals surface area contributed by atoms with E-state index in [1.165, 1.54) is 0 Å². The van der Waals surface area contributed by atoms with Crippen LogP contribution in [0.5, 0.6) is 0 Å². The van der Waals surface area contributed by atoms with E-state index in [0.717, 1.165) is 0 Å². The van der Waals surface area contributed by atoms with Crippen LogP contribution in [0.4, 0.5) is 4.39 Å². The summed E-state index contributed by atoms with van der Waals surface area (Å²) in [6, 6.07) is 0. The third-order valence-corrected chi connectivity index (χ3v) is 5.09. The fraction of sp³-hybridized carbons (Fsp3) is 1.00. The molecular weight excluding hydrogens is 308 g/mol. The first-order chi connectivity index (χ1) is 7.25. The zero-order chi connectivity index (χ0) is 12.0. The van der Waals surface area contributed by atoms with Gasteiger partial charge in [0.15, 0.2) is 0 Å². The molecule has 2 fully saturated rings. The maximum Gasteiger partial charge on any atom is 0.426 e. The Hall–Kier alpha value is 0.810. The van der Waals surface area contributed by atoms with Crippen LogP contribution in [-0.4, -0.2) is 26.2 Å². The maximum atomic E-state index is 13.6. The summed E-state index contributed by atoms with van der Waals surface area (Å²) >= 11 is 10.5. The second kappa shape index (κ2) is 4.18. The minimum absolute atomic E-state index is 0.328. The highest BCUT2D eigenvalue weighted by molar-refractivity contribution is 7.81. The lowest BCUT2D eigenvalue weighted by molar-refractivity contribution is -0.157. The van der Waals surface area contributed by atoms with Crippen LogP contribution >= 0.6 is 36.4 Å². The number of hydrogen-bond acceptors (Lipinski definition) is 6. The summed E-state index contributed by atoms with van der Waals surface area (Å²) in [6.45, 7) is -8.51. The molecule has 2 unspecified atom stereocenters. The third-order valence-electron chi connectivity index (χ3n) is 2.22. The van der Waals surface area contributed by atoms with E-state index in [4.69, 9.17) is 22.5 Å². The molecule has 16 heavy (non-hydrogen) atoms. The Morgan fingerprint density at radius 2 is 1.50 bits per heavy atom. The van der Waals surface area contributed by atoms with Crippen LogP contribution in [0.2, 0.25) is 0 Å². The van der Waals surface area contributed by atoms with Crippen molar-refractivity contribution in [2.75, 3.05) is 19.8 Å². The zero-order valence-electron chi connectivity index (χ0n) is 7.68. The van der Waals surface area contributed by atoms with Gasteiger partial charge < -0.3 is 0 Å². The van der Waals surface area contributed by atoms with Crippen LogP contribution in [0.25, 0.3) is 0 Å². The van der Waals surface area contributed by atoms with Gasteiger partial charge in [0.05, 0.1) is 25.2 Å². The Bertz CT molecular complexity index is 371. The van der Waals surface area contributed by atoms with E-state index in [-0.39, 0.29) is 19.8 Å². The Labute approximate surface area is 99.9 Å². The van der Waals surface area contributed by atoms with Gasteiger partial charge in [-0.05, 0) is 0 Å². The first kappa shape index (κ1) is 13.2. The van der Waals surface area contributed by atoms with E-state index in [1.807, 2.05) is 0 Å². The van der Waals surface area contributed by atoms with Gasteiger partial charge in [0, 0.05) is 22.5 Å². The SMILES string of the molecule is O=P1(Cl)OCC2(CO1)COP(=O)(Cl)OC2F. The summed E-state index contributed by atoms with van der Waals surface area (Å²) < 4.78 is 54.2. The molecule has 0 amide bonds. The van der Waals surface area contributed by atoms with E-state index >= 15 is 0 Å². The number of alkyl halides is 1. The van der Waals surface area contributed by atoms with Gasteiger partial charge in [-0.25, -0.2) is 13.5 Å². The Morgan fingerprint density at radius 1 is 1.06 bits per heavy atom. The minimum atomic E-state index is -3.88. The van der Waals surface area contributed by atoms with Crippen LogP contribution in [0.15, 0.2) is 0 Å². The Kier molecular flexibility index (Phi) is 3.46. The largest absolute Gasteiger partial charge is 0.426 e. The van der Waals surface area contributed by atoms with Crippen molar-refractivity contribution in [2.24, 2.45) is 5.41 Å². The van der Waals surface area contributed by atoms with Gasteiger partial charge >= 0.3 is 13.9 Å². The molecule has 2 rings (SSSR count). The van der Waals surface area contributed by atoms with E-state index in [2.05, 4.69) is 18.1 Å². The van der Waals surface area contributed by atoms with Crippen LogP contribution in [0.1, 0.15) is 0 Å². The molecule has 0 aliphatic carbocycles. The molecule has 2 heterocycles. The third kappa shape index (κ3) is 2.62. The summed E-state index contributed by atoms with van der Waals surface area (Å²) in [7, 11) is 0. The summed E-state index contributed by atoms with van der Waals surface area (Å²) in [6.07, 6.45) is -2.00. The number of hydrogen-bond donors (Lipinski definition) is 0. The maximum absolute atomic E-state index is 13.6. The second-order valence-electron chi connectivity index (χ2n) is 3.47. The molecule has 0 N–H and O–H groups in total. The molecule has 1 spiro atoms. The number of rotatable bonds is 0. The summed E-state index contributed by atoms with van der Waals surface area (Å²) in [5.74, 6) is 0. The molecule has 2 aliphatic heterocycles. The van der Waals surface area contributed by atoms with Crippen molar-refractivity contribution in [3.05, 3.63) is 0 Å². The summed E-state index contributed by atoms with van der Waals surface area (Å²) in [5.41, 5.74) is -1.34. The molecule has 0 aromatic heterocycles. The summed E-state index contributed by atoms with van der Waals surface area (Å²) in [5, 5.41) is 0. The number of halogens is 3. The fourth-order valence-electron chi connectivity index (χ4n) is 1.23. The highest BCUT2D eigenvalue weighted by Gasteiger charge is 2.54. The standard InChI is InChI=1S/C5H7Cl2FO6P2/c6-15(9)11-1-5(2-12-15)3-13-16(7,10)14-4(5)8/h4H,1-3H2. The van der Waals surface area contributed by atoms with Crippen LogP contribution in [-0.2, 0) is 27.2 Å². The van der Waals surface area contributed by atoms with Crippen molar-refractivity contribution in [3.63, 3.8) is 0 Å². The lowest BCUT2D eigenvalue weighted by Crippen LogP contribution is -2.49. The predicted octanol–water partition coefficient (Wildman–Crippen LogP) is 3.06.